The number of hydrogen-bond donors (Lipinski definition) is 0. The lowest BCUT2D eigenvalue weighted by Gasteiger charge is -2.25. The van der Waals surface area contributed by atoms with Gasteiger partial charge in [0.15, 0.2) is 4.80 Å². The van der Waals surface area contributed by atoms with Gasteiger partial charge in [0.05, 0.1) is 28.5 Å². The highest BCUT2D eigenvalue weighted by molar-refractivity contribution is 9.10. The third-order valence-corrected chi connectivity index (χ3v) is 7.48. The maximum absolute atomic E-state index is 14.0. The van der Waals surface area contributed by atoms with Crippen LogP contribution in [-0.4, -0.2) is 23.1 Å². The van der Waals surface area contributed by atoms with Gasteiger partial charge in [0, 0.05) is 22.5 Å². The molecule has 0 radical (unpaired) electrons. The molecule has 0 saturated carbocycles. The molecule has 0 aliphatic carbocycles. The van der Waals surface area contributed by atoms with Crippen molar-refractivity contribution in [2.75, 3.05) is 6.61 Å². The summed E-state index contributed by atoms with van der Waals surface area (Å²) in [5, 5.41) is 0. The second-order valence-corrected chi connectivity index (χ2v) is 10.5. The van der Waals surface area contributed by atoms with Crippen molar-refractivity contribution in [2.45, 2.75) is 19.9 Å². The number of carbonyl (C=O) groups is 2. The molecule has 9 heteroatoms. The monoisotopic (exact) mass is 602 g/mol. The van der Waals surface area contributed by atoms with E-state index in [1.54, 1.807) is 31.2 Å². The van der Waals surface area contributed by atoms with Gasteiger partial charge in [-0.25, -0.2) is 9.79 Å². The summed E-state index contributed by atoms with van der Waals surface area (Å²) in [6.07, 6.45) is 1.67. The number of ether oxygens (including phenoxy) is 2. The van der Waals surface area contributed by atoms with Crippen LogP contribution >= 0.6 is 27.3 Å². The Hall–Kier alpha value is -4.08. The minimum Gasteiger partial charge on any atom is -0.463 e. The van der Waals surface area contributed by atoms with E-state index < -0.39 is 18.0 Å². The van der Waals surface area contributed by atoms with Gasteiger partial charge in [-0.3, -0.25) is 14.2 Å². The minimum absolute atomic E-state index is 0.179. The maximum atomic E-state index is 14.0. The van der Waals surface area contributed by atoms with Crippen LogP contribution in [0, 0.1) is 0 Å². The molecule has 4 aromatic rings. The molecule has 2 heterocycles. The summed E-state index contributed by atoms with van der Waals surface area (Å²) in [7, 11) is 0. The number of carbonyl (C=O) groups excluding carboxylic acids is 2. The van der Waals surface area contributed by atoms with Crippen LogP contribution in [0.1, 0.15) is 36.6 Å². The molecule has 1 aromatic heterocycles. The zero-order chi connectivity index (χ0) is 27.5. The van der Waals surface area contributed by atoms with E-state index in [1.807, 2.05) is 60.7 Å². The van der Waals surface area contributed by atoms with Gasteiger partial charge in [0.1, 0.15) is 5.75 Å². The highest BCUT2D eigenvalue weighted by Crippen LogP contribution is 2.35. The Morgan fingerprint density at radius 3 is 2.41 bits per heavy atom. The van der Waals surface area contributed by atoms with E-state index in [9.17, 15) is 14.4 Å². The average molecular weight is 603 g/mol. The standard InChI is InChI=1S/C30H23BrN2O5S/c1-3-37-29(36)25-26(19-10-6-4-7-11-19)32-30-33(27(25)20-12-8-5-9-13-20)28(35)24(39-30)17-21-16-22(31)14-15-23(21)38-18(2)34/h4-17,27H,3H2,1-2H3/b24-17-/t27-/m0/s1. The van der Waals surface area contributed by atoms with Crippen LogP contribution in [0.3, 0.4) is 0 Å². The van der Waals surface area contributed by atoms with E-state index in [2.05, 4.69) is 15.9 Å². The zero-order valence-corrected chi connectivity index (χ0v) is 23.5. The number of fused-ring (bicyclic) bond motifs is 1. The van der Waals surface area contributed by atoms with Crippen LogP contribution in [0.15, 0.2) is 98.7 Å². The molecule has 0 bridgehead atoms. The summed E-state index contributed by atoms with van der Waals surface area (Å²) in [5.41, 5.74) is 2.46. The van der Waals surface area contributed by atoms with Crippen LogP contribution < -0.4 is 19.6 Å². The van der Waals surface area contributed by atoms with Crippen molar-refractivity contribution in [1.82, 2.24) is 4.57 Å². The van der Waals surface area contributed by atoms with Gasteiger partial charge >= 0.3 is 11.9 Å². The van der Waals surface area contributed by atoms with E-state index in [1.165, 1.54) is 22.8 Å². The number of thiazole rings is 1. The molecular formula is C30H23BrN2O5S. The zero-order valence-electron chi connectivity index (χ0n) is 21.1. The molecule has 0 spiro atoms. The summed E-state index contributed by atoms with van der Waals surface area (Å²) >= 11 is 4.65. The van der Waals surface area contributed by atoms with Crippen LogP contribution in [0.4, 0.5) is 0 Å². The Labute approximate surface area is 236 Å². The molecule has 0 fully saturated rings. The lowest BCUT2D eigenvalue weighted by atomic mass is 9.93. The molecule has 0 amide bonds. The highest BCUT2D eigenvalue weighted by Gasteiger charge is 2.35. The molecule has 0 N–H and O–H groups in total. The summed E-state index contributed by atoms with van der Waals surface area (Å²) < 4.78 is 13.5. The van der Waals surface area contributed by atoms with Gasteiger partial charge in [-0.1, -0.05) is 87.9 Å². The second kappa shape index (κ2) is 11.3. The Morgan fingerprint density at radius 2 is 1.74 bits per heavy atom. The van der Waals surface area contributed by atoms with Crippen LogP contribution in [0.2, 0.25) is 0 Å². The Kier molecular flexibility index (Phi) is 7.72. The first-order chi connectivity index (χ1) is 18.9. The molecule has 1 aliphatic rings. The van der Waals surface area contributed by atoms with Gasteiger partial charge in [0.25, 0.3) is 5.56 Å². The van der Waals surface area contributed by atoms with Crippen molar-refractivity contribution in [3.63, 3.8) is 0 Å². The summed E-state index contributed by atoms with van der Waals surface area (Å²) in [5.74, 6) is -0.676. The molecule has 39 heavy (non-hydrogen) atoms. The fourth-order valence-corrected chi connectivity index (χ4v) is 5.78. The lowest BCUT2D eigenvalue weighted by molar-refractivity contribution is -0.139. The first-order valence-corrected chi connectivity index (χ1v) is 13.8. The predicted octanol–water partition coefficient (Wildman–Crippen LogP) is 4.62. The van der Waals surface area contributed by atoms with Crippen LogP contribution in [-0.2, 0) is 14.3 Å². The maximum Gasteiger partial charge on any atom is 0.338 e. The predicted molar refractivity (Wildman–Crippen MR) is 153 cm³/mol. The first kappa shape index (κ1) is 26.5. The molecule has 3 aromatic carbocycles. The number of aromatic nitrogens is 1. The molecule has 7 nitrogen and oxygen atoms in total. The van der Waals surface area contributed by atoms with Gasteiger partial charge < -0.3 is 9.47 Å². The van der Waals surface area contributed by atoms with Crippen LogP contribution in [0.25, 0.3) is 11.8 Å². The fraction of sp³-hybridized carbons (Fsp3) is 0.133. The van der Waals surface area contributed by atoms with Crippen molar-refractivity contribution in [2.24, 2.45) is 4.99 Å². The summed E-state index contributed by atoms with van der Waals surface area (Å²) in [6, 6.07) is 23.2. The van der Waals surface area contributed by atoms with Crippen molar-refractivity contribution in [1.29, 1.82) is 0 Å². The smallest absolute Gasteiger partial charge is 0.338 e. The Morgan fingerprint density at radius 1 is 1.05 bits per heavy atom. The van der Waals surface area contributed by atoms with E-state index in [0.717, 1.165) is 15.6 Å². The number of nitrogens with zero attached hydrogens (tertiary/aromatic N) is 2. The third-order valence-electron chi connectivity index (χ3n) is 6.00. The number of benzene rings is 3. The van der Waals surface area contributed by atoms with Crippen molar-refractivity contribution < 1.29 is 19.1 Å². The molecule has 5 rings (SSSR count). The topological polar surface area (TPSA) is 87.0 Å². The van der Waals surface area contributed by atoms with E-state index in [0.29, 0.717) is 26.3 Å². The number of hydrogen-bond acceptors (Lipinski definition) is 7. The molecule has 0 unspecified atom stereocenters. The quantitative estimate of drug-likeness (QED) is 0.237. The van der Waals surface area contributed by atoms with E-state index in [4.69, 9.17) is 14.5 Å². The average Bonchev–Trinajstić information content (AvgIpc) is 3.24. The number of rotatable bonds is 6. The van der Waals surface area contributed by atoms with Crippen molar-refractivity contribution in [3.8, 4) is 5.75 Å². The van der Waals surface area contributed by atoms with E-state index >= 15 is 0 Å². The lowest BCUT2D eigenvalue weighted by Crippen LogP contribution is -2.40. The highest BCUT2D eigenvalue weighted by atomic mass is 79.9. The van der Waals surface area contributed by atoms with Crippen LogP contribution in [0.5, 0.6) is 5.75 Å². The van der Waals surface area contributed by atoms with E-state index in [-0.39, 0.29) is 17.7 Å². The summed E-state index contributed by atoms with van der Waals surface area (Å²) in [4.78, 5) is 44.4. The molecule has 1 atom stereocenters. The van der Waals surface area contributed by atoms with Gasteiger partial charge in [-0.05, 0) is 36.8 Å². The molecular weight excluding hydrogens is 580 g/mol. The summed E-state index contributed by atoms with van der Waals surface area (Å²) in [6.45, 7) is 3.24. The Balaban J connectivity index is 1.81. The van der Waals surface area contributed by atoms with Gasteiger partial charge in [-0.2, -0.15) is 0 Å². The first-order valence-electron chi connectivity index (χ1n) is 12.2. The van der Waals surface area contributed by atoms with Crippen molar-refractivity contribution in [3.05, 3.63) is 125 Å². The number of esters is 2. The second-order valence-electron chi connectivity index (χ2n) is 8.62. The SMILES string of the molecule is CCOC(=O)C1=C(c2ccccc2)N=c2s/c(=C\c3cc(Br)ccc3OC(C)=O)c(=O)n2[C@H]1c1ccccc1. The minimum atomic E-state index is -0.755. The molecule has 196 valence electrons. The largest absolute Gasteiger partial charge is 0.463 e. The fourth-order valence-electron chi connectivity index (χ4n) is 4.41. The van der Waals surface area contributed by atoms with Gasteiger partial charge in [0.2, 0.25) is 0 Å². The van der Waals surface area contributed by atoms with Gasteiger partial charge in [-0.15, -0.1) is 0 Å². The molecule has 0 saturated heterocycles. The normalized spacial score (nSPS) is 14.9. The van der Waals surface area contributed by atoms with Crippen molar-refractivity contribution >= 4 is 51.0 Å². The number of halogens is 1. The third kappa shape index (κ3) is 5.41. The molecule has 1 aliphatic heterocycles. The Bertz CT molecular complexity index is 1780.